The predicted octanol–water partition coefficient (Wildman–Crippen LogP) is 4.40. The molecule has 2 aromatic carbocycles. The summed E-state index contributed by atoms with van der Waals surface area (Å²) in [5.74, 6) is 0.799. The lowest BCUT2D eigenvalue weighted by Gasteiger charge is -2.15. The third kappa shape index (κ3) is 7.33. The van der Waals surface area contributed by atoms with E-state index < -0.39 is 0 Å². The highest BCUT2D eigenvalue weighted by molar-refractivity contribution is 14.0. The summed E-state index contributed by atoms with van der Waals surface area (Å²) < 4.78 is 5.69. The Bertz CT molecular complexity index is 688. The Morgan fingerprint density at radius 1 is 0.923 bits per heavy atom. The van der Waals surface area contributed by atoms with Crippen molar-refractivity contribution < 1.29 is 4.74 Å². The van der Waals surface area contributed by atoms with E-state index in [0.717, 1.165) is 32.1 Å². The van der Waals surface area contributed by atoms with Crippen molar-refractivity contribution in [1.82, 2.24) is 10.6 Å². The molecule has 0 spiro atoms. The van der Waals surface area contributed by atoms with E-state index in [1.165, 1.54) is 22.3 Å². The lowest BCUT2D eigenvalue weighted by molar-refractivity contribution is 0.121. The van der Waals surface area contributed by atoms with Crippen LogP contribution in [0.4, 0.5) is 0 Å². The van der Waals surface area contributed by atoms with Crippen molar-refractivity contribution in [2.24, 2.45) is 4.99 Å². The zero-order valence-corrected chi connectivity index (χ0v) is 18.2. The highest BCUT2D eigenvalue weighted by atomic mass is 127. The van der Waals surface area contributed by atoms with E-state index in [1.54, 1.807) is 7.05 Å². The first-order valence-electron chi connectivity index (χ1n) is 8.88. The van der Waals surface area contributed by atoms with E-state index in [2.05, 4.69) is 78.0 Å². The van der Waals surface area contributed by atoms with Gasteiger partial charge >= 0.3 is 0 Å². The standard InChI is InChI=1S/C21H29N3O.HI/c1-4-13-25-16-20-12-8-7-11-19(20)15-24-21(22-3)23-14-18-10-6-5-9-17(18)2;/h5-12H,4,13-16H2,1-3H3,(H2,22,23,24);1H. The van der Waals surface area contributed by atoms with Crippen molar-refractivity contribution in [2.45, 2.75) is 40.0 Å². The van der Waals surface area contributed by atoms with E-state index in [0.29, 0.717) is 6.61 Å². The van der Waals surface area contributed by atoms with Gasteiger partial charge in [-0.25, -0.2) is 0 Å². The fourth-order valence-electron chi connectivity index (χ4n) is 2.58. The maximum Gasteiger partial charge on any atom is 0.191 e. The Kier molecular flexibility index (Phi) is 11.0. The Morgan fingerprint density at radius 3 is 2.12 bits per heavy atom. The van der Waals surface area contributed by atoms with Crippen molar-refractivity contribution >= 4 is 29.9 Å². The zero-order chi connectivity index (χ0) is 17.9. The van der Waals surface area contributed by atoms with Crippen LogP contribution in [0, 0.1) is 6.92 Å². The molecular formula is C21H30IN3O. The molecule has 2 rings (SSSR count). The van der Waals surface area contributed by atoms with E-state index in [4.69, 9.17) is 4.74 Å². The topological polar surface area (TPSA) is 45.6 Å². The normalized spacial score (nSPS) is 11.0. The van der Waals surface area contributed by atoms with Gasteiger partial charge in [0.05, 0.1) is 6.61 Å². The molecule has 0 heterocycles. The van der Waals surface area contributed by atoms with Crippen molar-refractivity contribution in [1.29, 1.82) is 0 Å². The van der Waals surface area contributed by atoms with Crippen LogP contribution < -0.4 is 10.6 Å². The molecule has 2 aromatic rings. The second-order valence-corrected chi connectivity index (χ2v) is 6.03. The minimum atomic E-state index is 0. The molecule has 2 N–H and O–H groups in total. The van der Waals surface area contributed by atoms with Crippen LogP contribution in [-0.4, -0.2) is 19.6 Å². The van der Waals surface area contributed by atoms with Crippen LogP contribution in [0.5, 0.6) is 0 Å². The summed E-state index contributed by atoms with van der Waals surface area (Å²) in [6, 6.07) is 16.7. The van der Waals surface area contributed by atoms with Crippen LogP contribution in [0.2, 0.25) is 0 Å². The van der Waals surface area contributed by atoms with E-state index in [-0.39, 0.29) is 24.0 Å². The largest absolute Gasteiger partial charge is 0.377 e. The molecule has 0 radical (unpaired) electrons. The summed E-state index contributed by atoms with van der Waals surface area (Å²) in [4.78, 5) is 4.32. The highest BCUT2D eigenvalue weighted by Crippen LogP contribution is 2.10. The first kappa shape index (κ1) is 22.4. The molecule has 5 heteroatoms. The zero-order valence-electron chi connectivity index (χ0n) is 15.9. The molecule has 0 amide bonds. The monoisotopic (exact) mass is 467 g/mol. The molecule has 0 aliphatic carbocycles. The second kappa shape index (κ2) is 12.7. The quantitative estimate of drug-likeness (QED) is 0.262. The fraction of sp³-hybridized carbons (Fsp3) is 0.381. The molecule has 142 valence electrons. The fourth-order valence-corrected chi connectivity index (χ4v) is 2.58. The van der Waals surface area contributed by atoms with Crippen molar-refractivity contribution in [3.63, 3.8) is 0 Å². The minimum absolute atomic E-state index is 0. The number of nitrogens with one attached hydrogen (secondary N) is 2. The predicted molar refractivity (Wildman–Crippen MR) is 120 cm³/mol. The molecule has 0 aliphatic rings. The number of ether oxygens (including phenoxy) is 1. The van der Waals surface area contributed by atoms with Gasteiger partial charge in [0, 0.05) is 26.7 Å². The van der Waals surface area contributed by atoms with Gasteiger partial charge in [0.1, 0.15) is 0 Å². The van der Waals surface area contributed by atoms with Crippen molar-refractivity contribution in [2.75, 3.05) is 13.7 Å². The number of halogens is 1. The first-order valence-corrected chi connectivity index (χ1v) is 8.88. The molecular weight excluding hydrogens is 437 g/mol. The molecule has 0 bridgehead atoms. The average Bonchev–Trinajstić information content (AvgIpc) is 2.64. The average molecular weight is 467 g/mol. The summed E-state index contributed by atoms with van der Waals surface area (Å²) in [6.45, 7) is 7.17. The summed E-state index contributed by atoms with van der Waals surface area (Å²) >= 11 is 0. The van der Waals surface area contributed by atoms with Gasteiger partial charge in [0.15, 0.2) is 5.96 Å². The van der Waals surface area contributed by atoms with Gasteiger partial charge in [-0.15, -0.1) is 24.0 Å². The van der Waals surface area contributed by atoms with Gasteiger partial charge in [-0.2, -0.15) is 0 Å². The van der Waals surface area contributed by atoms with Gasteiger partial charge in [0.25, 0.3) is 0 Å². The van der Waals surface area contributed by atoms with Crippen LogP contribution in [0.15, 0.2) is 53.5 Å². The number of hydrogen-bond donors (Lipinski definition) is 2. The SMILES string of the molecule is CCCOCc1ccccc1CNC(=NC)NCc1ccccc1C.I. The second-order valence-electron chi connectivity index (χ2n) is 6.03. The molecule has 0 saturated heterocycles. The van der Waals surface area contributed by atoms with Crippen LogP contribution in [0.25, 0.3) is 0 Å². The van der Waals surface area contributed by atoms with E-state index in [9.17, 15) is 0 Å². The van der Waals surface area contributed by atoms with Crippen LogP contribution in [0.1, 0.15) is 35.6 Å². The number of rotatable bonds is 8. The molecule has 0 fully saturated rings. The maximum absolute atomic E-state index is 5.69. The number of hydrogen-bond acceptors (Lipinski definition) is 2. The highest BCUT2D eigenvalue weighted by Gasteiger charge is 2.04. The summed E-state index contributed by atoms with van der Waals surface area (Å²) in [5, 5.41) is 6.77. The van der Waals surface area contributed by atoms with Gasteiger partial charge in [-0.1, -0.05) is 55.5 Å². The van der Waals surface area contributed by atoms with Crippen molar-refractivity contribution in [3.05, 3.63) is 70.8 Å². The number of benzene rings is 2. The smallest absolute Gasteiger partial charge is 0.191 e. The van der Waals surface area contributed by atoms with Crippen LogP contribution in [0.3, 0.4) is 0 Å². The summed E-state index contributed by atoms with van der Waals surface area (Å²) in [5.41, 5.74) is 5.01. The number of guanidine groups is 1. The Labute approximate surface area is 174 Å². The molecule has 0 saturated carbocycles. The Hall–Kier alpha value is -1.60. The van der Waals surface area contributed by atoms with E-state index in [1.807, 2.05) is 0 Å². The summed E-state index contributed by atoms with van der Waals surface area (Å²) in [6.07, 6.45) is 1.04. The molecule has 0 atom stereocenters. The van der Waals surface area contributed by atoms with Gasteiger partial charge in [0.2, 0.25) is 0 Å². The summed E-state index contributed by atoms with van der Waals surface area (Å²) in [7, 11) is 1.80. The van der Waals surface area contributed by atoms with Gasteiger partial charge < -0.3 is 15.4 Å². The minimum Gasteiger partial charge on any atom is -0.377 e. The third-order valence-corrected chi connectivity index (χ3v) is 4.10. The number of aryl methyl sites for hydroxylation is 1. The van der Waals surface area contributed by atoms with Crippen LogP contribution in [-0.2, 0) is 24.4 Å². The Balaban J connectivity index is 0.00000338. The first-order chi connectivity index (χ1) is 12.2. The third-order valence-electron chi connectivity index (χ3n) is 4.10. The molecule has 26 heavy (non-hydrogen) atoms. The maximum atomic E-state index is 5.69. The lowest BCUT2D eigenvalue weighted by atomic mass is 10.1. The lowest BCUT2D eigenvalue weighted by Crippen LogP contribution is -2.36. The molecule has 0 aliphatic heterocycles. The number of nitrogens with zero attached hydrogens (tertiary/aromatic N) is 1. The van der Waals surface area contributed by atoms with Gasteiger partial charge in [-0.05, 0) is 35.6 Å². The molecule has 4 nitrogen and oxygen atoms in total. The Morgan fingerprint density at radius 2 is 1.50 bits per heavy atom. The van der Waals surface area contributed by atoms with E-state index >= 15 is 0 Å². The number of aliphatic imine (C=N–C) groups is 1. The van der Waals surface area contributed by atoms with Gasteiger partial charge in [-0.3, -0.25) is 4.99 Å². The molecule has 0 aromatic heterocycles. The van der Waals surface area contributed by atoms with Crippen LogP contribution >= 0.6 is 24.0 Å². The van der Waals surface area contributed by atoms with Crippen molar-refractivity contribution in [3.8, 4) is 0 Å². The molecule has 0 unspecified atom stereocenters.